The molecule has 0 saturated heterocycles. The van der Waals surface area contributed by atoms with Crippen molar-refractivity contribution in [1.82, 2.24) is 0 Å². The Bertz CT molecular complexity index is 285. The molecule has 30 heavy (non-hydrogen) atoms. The van der Waals surface area contributed by atoms with Crippen LogP contribution in [0.1, 0.15) is 5.56 Å². The van der Waals surface area contributed by atoms with Gasteiger partial charge in [0.25, 0.3) is 0 Å². The average molecular weight is 1910 g/mol. The first-order valence-electron chi connectivity index (χ1n) is 2.83. The molecule has 0 aromatic heterocycles. The van der Waals surface area contributed by atoms with Crippen LogP contribution in [0.25, 0.3) is 0 Å². The number of benzene rings is 1. The molecule has 0 spiro atoms. The molecule has 3 nitrogen and oxygen atoms in total. The maximum atomic E-state index is 10.2. The molecule has 1 aromatic carbocycles. The summed E-state index contributed by atoms with van der Waals surface area (Å²) in [5, 5.41) is 10.2. The van der Waals surface area contributed by atoms with Crippen LogP contribution >= 0.6 is 0 Å². The van der Waals surface area contributed by atoms with E-state index in [0.717, 1.165) is 0 Å². The van der Waals surface area contributed by atoms with Crippen LogP contribution in [-0.2, 0) is 654 Å². The van der Waals surface area contributed by atoms with Gasteiger partial charge in [0.2, 0.25) is 0 Å². The molecule has 0 saturated carbocycles. The van der Waals surface area contributed by atoms with Crippen molar-refractivity contribution in [3.63, 3.8) is 0 Å². The van der Waals surface area contributed by atoms with Crippen LogP contribution in [-0.4, -0.2) is 4.92 Å². The number of hydrogen-bond donors (Lipinski definition) is 0. The first kappa shape index (κ1) is 133. The number of nitro groups is 1. The van der Waals surface area contributed by atoms with Crippen LogP contribution in [0.5, 0.6) is 0 Å². The summed E-state index contributed by atoms with van der Waals surface area (Å²) in [5.41, 5.74) is 0.704. The third-order valence-electron chi connectivity index (χ3n) is 1.23. The number of nitro benzene ring substituents is 1. The largest absolute Gasteiger partial charge is 0.270 e. The van der Waals surface area contributed by atoms with Gasteiger partial charge in [0.15, 0.2) is 5.69 Å². The molecular weight excluding hydrogens is 1910 g/mol. The second kappa shape index (κ2) is 104. The van der Waals surface area contributed by atoms with E-state index >= 15 is 0 Å². The zero-order chi connectivity index (χ0) is 7.56. The quantitative estimate of drug-likeness (QED) is 0.245. The number of rotatable bonds is 1. The number of nitrogens with zero attached hydrogens (tertiary/aromatic N) is 1. The maximum Gasteiger partial charge on any atom is 0.166 e. The van der Waals surface area contributed by atoms with Crippen molar-refractivity contribution in [2.75, 3.05) is 0 Å². The Kier molecular flexibility index (Phi) is 460. The Hall–Kier alpha value is 20.7. The molecular formula is C7H6NO2Y20-. The summed E-state index contributed by atoms with van der Waals surface area (Å²) in [6.07, 6.45) is 0. The van der Waals surface area contributed by atoms with Crippen LogP contribution < -0.4 is 0 Å². The predicted molar refractivity (Wildman–Crippen MR) is 36.7 cm³/mol. The Morgan fingerprint density at radius 3 is 0.967 bits per heavy atom. The first-order chi connectivity index (χ1) is 4.72. The summed E-state index contributed by atoms with van der Waals surface area (Å²) in [6, 6.07) is 7.46. The fourth-order valence-electron chi connectivity index (χ4n) is 0.709. The van der Waals surface area contributed by atoms with Crippen molar-refractivity contribution in [1.29, 1.82) is 0 Å². The van der Waals surface area contributed by atoms with E-state index in [0.29, 0.717) is 5.56 Å². The molecule has 0 unspecified atom stereocenters. The van der Waals surface area contributed by atoms with Crippen molar-refractivity contribution in [2.24, 2.45) is 0 Å². The zero-order valence-electron chi connectivity index (χ0n) is 17.0. The fraction of sp³-hybridized carbons (Fsp3) is 0.143. The van der Waals surface area contributed by atoms with Gasteiger partial charge in [-0.05, 0) is 0 Å². The van der Waals surface area contributed by atoms with Gasteiger partial charge in [-0.15, -0.1) is 0 Å². The van der Waals surface area contributed by atoms with E-state index < -0.39 is 4.92 Å². The summed E-state index contributed by atoms with van der Waals surface area (Å²) in [6.45, 7) is 1.66. The molecule has 0 bridgehead atoms. The van der Waals surface area contributed by atoms with Crippen LogP contribution in [0, 0.1) is 23.1 Å². The number of hydrogen-bond acceptors (Lipinski definition) is 2. The molecule has 112 valence electrons. The van der Waals surface area contributed by atoms with E-state index in [4.69, 9.17) is 0 Å². The van der Waals surface area contributed by atoms with Crippen molar-refractivity contribution in [3.8, 4) is 0 Å². The fourth-order valence-corrected chi connectivity index (χ4v) is 0.709. The van der Waals surface area contributed by atoms with Gasteiger partial charge in [-0.3, -0.25) is 10.1 Å². The zero-order valence-corrected chi connectivity index (χ0v) is 73.8. The Labute approximate surface area is 686 Å². The Balaban J connectivity index is -0.00000000278. The van der Waals surface area contributed by atoms with Gasteiger partial charge in [0.05, 0.1) is 0 Å². The summed E-state index contributed by atoms with van der Waals surface area (Å²) in [5.74, 6) is 0. The van der Waals surface area contributed by atoms with Crippen LogP contribution in [0.15, 0.2) is 18.2 Å². The van der Waals surface area contributed by atoms with E-state index in [1.807, 2.05) is 0 Å². The molecule has 20 radical (unpaired) electrons. The van der Waals surface area contributed by atoms with Gasteiger partial charge in [-0.2, -0.15) is 18.2 Å². The molecule has 1 rings (SSSR count). The topological polar surface area (TPSA) is 43.1 Å². The van der Waals surface area contributed by atoms with Gasteiger partial charge >= 0.3 is 0 Å². The molecule has 1 aromatic rings. The smallest absolute Gasteiger partial charge is 0.166 e. The van der Waals surface area contributed by atoms with E-state index in [1.54, 1.807) is 19.1 Å². The van der Waals surface area contributed by atoms with Crippen molar-refractivity contribution in [2.45, 2.75) is 6.92 Å². The Morgan fingerprint density at radius 2 is 0.833 bits per heavy atom. The minimum Gasteiger partial charge on any atom is -0.270 e. The third-order valence-corrected chi connectivity index (χ3v) is 1.23. The minimum absolute atomic E-state index is 0. The number of aryl methyl sites for hydroxylation is 1. The van der Waals surface area contributed by atoms with E-state index in [1.165, 1.54) is 6.07 Å². The molecule has 23 heteroatoms. The monoisotopic (exact) mass is 1910 g/mol. The molecule has 0 heterocycles. The molecule has 0 aliphatic carbocycles. The minimum atomic E-state index is -0.411. The summed E-state index contributed by atoms with van der Waals surface area (Å²) in [4.78, 5) is 9.80. The molecule has 0 aliphatic rings. The van der Waals surface area contributed by atoms with Crippen LogP contribution in [0.2, 0.25) is 0 Å². The molecule has 0 N–H and O–H groups in total. The van der Waals surface area contributed by atoms with E-state index in [2.05, 4.69) is 6.07 Å². The van der Waals surface area contributed by atoms with Crippen LogP contribution in [0.3, 0.4) is 0 Å². The summed E-state index contributed by atoms with van der Waals surface area (Å²) < 4.78 is 0. The Morgan fingerprint density at radius 1 is 0.600 bits per heavy atom. The SMILES string of the molecule is Cc1[c-]cccc1[N+](=O)[O-].[Y].[Y].[Y].[Y].[Y].[Y].[Y].[Y].[Y].[Y].[Y].[Y].[Y].[Y].[Y].[Y].[Y].[Y].[Y].[Y]. The van der Waals surface area contributed by atoms with E-state index in [-0.39, 0.29) is 660 Å². The molecule has 0 amide bonds. The molecule has 0 aliphatic heterocycles. The summed E-state index contributed by atoms with van der Waals surface area (Å²) in [7, 11) is 0. The van der Waals surface area contributed by atoms with Gasteiger partial charge in [-0.1, -0.05) is 18.6 Å². The molecule has 0 fully saturated rings. The second-order valence-corrected chi connectivity index (χ2v) is 1.94. The van der Waals surface area contributed by atoms with Crippen molar-refractivity contribution >= 4 is 5.69 Å². The standard InChI is InChI=1S/C7H6NO2.20Y/c1-6-4-2-3-5-7(6)8(9)10;;;;;;;;;;;;;;;;;;;;/h2-3,5H,1H3;;;;;;;;;;;;;;;;;;;;/q-1;;;;;;;;;;;;;;;;;;;;. The van der Waals surface area contributed by atoms with Gasteiger partial charge in [0.1, 0.15) is 0 Å². The van der Waals surface area contributed by atoms with Crippen molar-refractivity contribution < 1.29 is 659 Å². The predicted octanol–water partition coefficient (Wildman–Crippen LogP) is 1.65. The first-order valence-corrected chi connectivity index (χ1v) is 2.83. The maximum absolute atomic E-state index is 10.2. The molecule has 0 atom stereocenters. The van der Waals surface area contributed by atoms with Gasteiger partial charge in [0, 0.05) is 659 Å². The van der Waals surface area contributed by atoms with Gasteiger partial charge in [-0.25, -0.2) is 0 Å². The normalized spacial score (nSPS) is 3.10. The van der Waals surface area contributed by atoms with E-state index in [9.17, 15) is 10.1 Å². The third kappa shape index (κ3) is 86.9. The summed E-state index contributed by atoms with van der Waals surface area (Å²) >= 11 is 0. The second-order valence-electron chi connectivity index (χ2n) is 1.94. The average Bonchev–Trinajstić information content (AvgIpc) is 1.88. The van der Waals surface area contributed by atoms with Crippen LogP contribution in [0.4, 0.5) is 5.69 Å². The van der Waals surface area contributed by atoms with Gasteiger partial charge < -0.3 is 0 Å². The van der Waals surface area contributed by atoms with Crippen molar-refractivity contribution in [3.05, 3.63) is 39.9 Å².